The van der Waals surface area contributed by atoms with Crippen LogP contribution in [0.25, 0.3) is 5.69 Å². The lowest BCUT2D eigenvalue weighted by Gasteiger charge is -2.28. The molecule has 1 saturated heterocycles. The van der Waals surface area contributed by atoms with E-state index in [9.17, 15) is 4.79 Å². The largest absolute Gasteiger partial charge is 0.352 e. The SMILES string of the molecule is CCc1cccc(C)c1-n1c(C)cc([C@H]2[C@@H](c3ccccn3)NC(=S)N2CCC(=O)Nc2ccccc2)c1C. The molecule has 2 atom stereocenters. The quantitative estimate of drug-likeness (QED) is 0.256. The van der Waals surface area contributed by atoms with Gasteiger partial charge in [-0.25, -0.2) is 0 Å². The summed E-state index contributed by atoms with van der Waals surface area (Å²) in [5.74, 6) is -0.0398. The molecule has 200 valence electrons. The number of carbonyl (C=O) groups excluding carboxylic acids is 1. The van der Waals surface area contributed by atoms with Gasteiger partial charge in [0.2, 0.25) is 5.91 Å². The van der Waals surface area contributed by atoms with Crippen LogP contribution in [-0.2, 0) is 11.2 Å². The fourth-order valence-electron chi connectivity index (χ4n) is 5.71. The van der Waals surface area contributed by atoms with Gasteiger partial charge in [-0.1, -0.05) is 49.4 Å². The summed E-state index contributed by atoms with van der Waals surface area (Å²) < 4.78 is 2.38. The number of nitrogens with zero attached hydrogens (tertiary/aromatic N) is 3. The first-order valence-electron chi connectivity index (χ1n) is 13.5. The van der Waals surface area contributed by atoms with E-state index in [1.807, 2.05) is 54.7 Å². The molecule has 7 heteroatoms. The molecule has 0 bridgehead atoms. The minimum Gasteiger partial charge on any atom is -0.352 e. The second-order valence-electron chi connectivity index (χ2n) is 10.1. The molecule has 0 spiro atoms. The number of hydrogen-bond donors (Lipinski definition) is 2. The predicted molar refractivity (Wildman–Crippen MR) is 161 cm³/mol. The van der Waals surface area contributed by atoms with Crippen molar-refractivity contribution in [2.75, 3.05) is 11.9 Å². The zero-order chi connectivity index (χ0) is 27.5. The summed E-state index contributed by atoms with van der Waals surface area (Å²) in [5.41, 5.74) is 9.07. The van der Waals surface area contributed by atoms with Crippen molar-refractivity contribution in [3.05, 3.63) is 113 Å². The third-order valence-electron chi connectivity index (χ3n) is 7.55. The van der Waals surface area contributed by atoms with Gasteiger partial charge in [0.1, 0.15) is 0 Å². The molecule has 1 aliphatic rings. The Balaban J connectivity index is 1.52. The zero-order valence-electron chi connectivity index (χ0n) is 22.9. The Morgan fingerprint density at radius 3 is 2.51 bits per heavy atom. The van der Waals surface area contributed by atoms with E-state index in [0.717, 1.165) is 17.8 Å². The van der Waals surface area contributed by atoms with Crippen molar-refractivity contribution in [3.63, 3.8) is 0 Å². The summed E-state index contributed by atoms with van der Waals surface area (Å²) in [6.45, 7) is 9.22. The molecule has 1 fully saturated rings. The number of benzene rings is 2. The third kappa shape index (κ3) is 5.32. The molecule has 4 aromatic rings. The van der Waals surface area contributed by atoms with Gasteiger partial charge < -0.3 is 20.1 Å². The van der Waals surface area contributed by atoms with Crippen LogP contribution in [0.2, 0.25) is 0 Å². The molecule has 3 heterocycles. The second kappa shape index (κ2) is 11.4. The maximum atomic E-state index is 12.9. The van der Waals surface area contributed by atoms with Gasteiger partial charge in [-0.15, -0.1) is 0 Å². The third-order valence-corrected chi connectivity index (χ3v) is 7.90. The number of aryl methyl sites for hydroxylation is 3. The van der Waals surface area contributed by atoms with Crippen LogP contribution >= 0.6 is 12.2 Å². The Bertz CT molecular complexity index is 1480. The molecular weight excluding hydrogens is 502 g/mol. The minimum absolute atomic E-state index is 0.0398. The lowest BCUT2D eigenvalue weighted by molar-refractivity contribution is -0.116. The Labute approximate surface area is 236 Å². The number of rotatable bonds is 8. The number of aromatic nitrogens is 2. The van der Waals surface area contributed by atoms with Crippen LogP contribution in [0.15, 0.2) is 79.0 Å². The fourth-order valence-corrected chi connectivity index (χ4v) is 6.04. The number of pyridine rings is 1. The Hall–Kier alpha value is -3.97. The fraction of sp³-hybridized carbons (Fsp3) is 0.281. The summed E-state index contributed by atoms with van der Waals surface area (Å²) in [7, 11) is 0. The molecule has 0 saturated carbocycles. The van der Waals surface area contributed by atoms with Crippen LogP contribution in [0, 0.1) is 20.8 Å². The maximum Gasteiger partial charge on any atom is 0.226 e. The minimum atomic E-state index is -0.132. The number of carbonyl (C=O) groups is 1. The molecule has 2 N–H and O–H groups in total. The summed E-state index contributed by atoms with van der Waals surface area (Å²) in [4.78, 5) is 19.7. The van der Waals surface area contributed by atoms with Crippen LogP contribution in [0.4, 0.5) is 5.69 Å². The van der Waals surface area contributed by atoms with Crippen molar-refractivity contribution in [2.24, 2.45) is 0 Å². The maximum absolute atomic E-state index is 12.9. The van der Waals surface area contributed by atoms with E-state index in [0.29, 0.717) is 18.1 Å². The van der Waals surface area contributed by atoms with Gasteiger partial charge in [0, 0.05) is 36.2 Å². The molecule has 1 aliphatic heterocycles. The Morgan fingerprint density at radius 1 is 1.03 bits per heavy atom. The molecule has 0 unspecified atom stereocenters. The first kappa shape index (κ1) is 26.6. The number of nitrogens with one attached hydrogen (secondary N) is 2. The first-order valence-corrected chi connectivity index (χ1v) is 13.9. The van der Waals surface area contributed by atoms with Gasteiger partial charge in [0.05, 0.1) is 23.5 Å². The van der Waals surface area contributed by atoms with E-state index in [2.05, 4.69) is 77.0 Å². The molecule has 2 aromatic carbocycles. The van der Waals surface area contributed by atoms with E-state index in [1.54, 1.807) is 0 Å². The van der Waals surface area contributed by atoms with Crippen LogP contribution in [0.5, 0.6) is 0 Å². The highest BCUT2D eigenvalue weighted by atomic mass is 32.1. The average molecular weight is 538 g/mol. The lowest BCUT2D eigenvalue weighted by atomic mass is 9.96. The Morgan fingerprint density at radius 2 is 1.79 bits per heavy atom. The van der Waals surface area contributed by atoms with Crippen LogP contribution in [0.1, 0.15) is 59.2 Å². The van der Waals surface area contributed by atoms with Crippen molar-refractivity contribution in [1.82, 2.24) is 19.8 Å². The second-order valence-corrected chi connectivity index (χ2v) is 10.5. The summed E-state index contributed by atoms with van der Waals surface area (Å²) in [6.07, 6.45) is 3.09. The summed E-state index contributed by atoms with van der Waals surface area (Å²) in [5, 5.41) is 7.16. The van der Waals surface area contributed by atoms with Crippen molar-refractivity contribution in [2.45, 2.75) is 52.6 Å². The molecular formula is C32H35N5OS. The van der Waals surface area contributed by atoms with Gasteiger partial charge >= 0.3 is 0 Å². The normalized spacial score (nSPS) is 16.8. The molecule has 5 rings (SSSR count). The standard InChI is InChI=1S/C32H35N5OS/c1-5-24-13-11-12-21(2)30(24)37-22(3)20-26(23(37)4)31-29(27-16-9-10-18-33-27)35-32(39)36(31)19-17-28(38)34-25-14-7-6-8-15-25/h6-16,18,20,29,31H,5,17,19H2,1-4H3,(H,34,38)(H,35,39)/t29-,31+/m1/s1. The van der Waals surface area contributed by atoms with Crippen molar-refractivity contribution < 1.29 is 4.79 Å². The van der Waals surface area contributed by atoms with Gasteiger partial charge in [0.15, 0.2) is 5.11 Å². The number of anilines is 1. The zero-order valence-corrected chi connectivity index (χ0v) is 23.8. The highest BCUT2D eigenvalue weighted by Gasteiger charge is 2.41. The molecule has 0 radical (unpaired) electrons. The monoisotopic (exact) mass is 537 g/mol. The highest BCUT2D eigenvalue weighted by Crippen LogP contribution is 2.42. The lowest BCUT2D eigenvalue weighted by Crippen LogP contribution is -2.32. The van der Waals surface area contributed by atoms with Crippen molar-refractivity contribution >= 4 is 28.9 Å². The van der Waals surface area contributed by atoms with Crippen molar-refractivity contribution in [1.29, 1.82) is 0 Å². The first-order chi connectivity index (χ1) is 18.9. The van der Waals surface area contributed by atoms with Gasteiger partial charge in [-0.3, -0.25) is 9.78 Å². The summed E-state index contributed by atoms with van der Waals surface area (Å²) >= 11 is 5.86. The number of thiocarbonyl (C=S) groups is 1. The smallest absolute Gasteiger partial charge is 0.226 e. The summed E-state index contributed by atoms with van der Waals surface area (Å²) in [6, 6.07) is 24.1. The van der Waals surface area contributed by atoms with Crippen molar-refractivity contribution in [3.8, 4) is 5.69 Å². The van der Waals surface area contributed by atoms with Crippen LogP contribution < -0.4 is 10.6 Å². The van der Waals surface area contributed by atoms with E-state index in [4.69, 9.17) is 12.2 Å². The molecule has 6 nitrogen and oxygen atoms in total. The van der Waals surface area contributed by atoms with E-state index >= 15 is 0 Å². The van der Waals surface area contributed by atoms with Crippen LogP contribution in [0.3, 0.4) is 0 Å². The highest BCUT2D eigenvalue weighted by molar-refractivity contribution is 7.80. The predicted octanol–water partition coefficient (Wildman–Crippen LogP) is 6.36. The molecule has 39 heavy (non-hydrogen) atoms. The number of para-hydroxylation sites is 2. The van der Waals surface area contributed by atoms with Gasteiger partial charge in [0.25, 0.3) is 0 Å². The number of amides is 1. The molecule has 1 amide bonds. The average Bonchev–Trinajstić information content (AvgIpc) is 3.42. The van der Waals surface area contributed by atoms with E-state index < -0.39 is 0 Å². The molecule has 0 aliphatic carbocycles. The Kier molecular flexibility index (Phi) is 7.79. The topological polar surface area (TPSA) is 62.2 Å². The van der Waals surface area contributed by atoms with Crippen LogP contribution in [-0.4, -0.2) is 32.0 Å². The van der Waals surface area contributed by atoms with Gasteiger partial charge in [-0.05, 0) is 86.4 Å². The van der Waals surface area contributed by atoms with E-state index in [-0.39, 0.29) is 18.0 Å². The van der Waals surface area contributed by atoms with Gasteiger partial charge in [-0.2, -0.15) is 0 Å². The molecule has 2 aromatic heterocycles. The van der Waals surface area contributed by atoms with E-state index in [1.165, 1.54) is 33.8 Å². The number of hydrogen-bond acceptors (Lipinski definition) is 3.